The second-order valence-electron chi connectivity index (χ2n) is 6.58. The number of sulfone groups is 1. The molecule has 5 nitrogen and oxygen atoms in total. The van der Waals surface area contributed by atoms with Gasteiger partial charge >= 0.3 is 0 Å². The number of hydrogen-bond donors (Lipinski definition) is 1. The number of nitrogens with one attached hydrogen (secondary N) is 1. The molecule has 0 radical (unpaired) electrons. The summed E-state index contributed by atoms with van der Waals surface area (Å²) >= 11 is 0. The Labute approximate surface area is 156 Å². The van der Waals surface area contributed by atoms with Crippen molar-refractivity contribution in [3.8, 4) is 0 Å². The lowest BCUT2D eigenvalue weighted by Gasteiger charge is -2.25. The van der Waals surface area contributed by atoms with Crippen molar-refractivity contribution < 1.29 is 13.2 Å². The van der Waals surface area contributed by atoms with E-state index >= 15 is 0 Å². The number of rotatable bonds is 8. The molecule has 0 aliphatic carbocycles. The van der Waals surface area contributed by atoms with Gasteiger partial charge in [0.25, 0.3) is 0 Å². The van der Waals surface area contributed by atoms with E-state index in [-0.39, 0.29) is 29.0 Å². The molecule has 1 amide bonds. The zero-order valence-corrected chi connectivity index (χ0v) is 16.3. The molecule has 1 atom stereocenters. The van der Waals surface area contributed by atoms with Gasteiger partial charge in [-0.3, -0.25) is 4.79 Å². The van der Waals surface area contributed by atoms with Crippen molar-refractivity contribution in [1.82, 2.24) is 10.2 Å². The van der Waals surface area contributed by atoms with Gasteiger partial charge in [-0.05, 0) is 38.7 Å². The van der Waals surface area contributed by atoms with Crippen LogP contribution in [-0.2, 0) is 14.6 Å². The van der Waals surface area contributed by atoms with E-state index in [4.69, 9.17) is 0 Å². The molecule has 2 rings (SSSR count). The molecule has 1 N–H and O–H groups in total. The molecule has 0 saturated carbocycles. The Bertz CT molecular complexity index is 816. The largest absolute Gasteiger partial charge is 0.354 e. The maximum atomic E-state index is 12.3. The number of likely N-dealkylation sites (N-methyl/N-ethyl adjacent to an activating group) is 1. The van der Waals surface area contributed by atoms with Crippen LogP contribution in [-0.4, -0.2) is 45.6 Å². The second-order valence-corrected chi connectivity index (χ2v) is 8.69. The normalized spacial score (nSPS) is 12.8. The van der Waals surface area contributed by atoms with Gasteiger partial charge in [0.1, 0.15) is 0 Å². The quantitative estimate of drug-likeness (QED) is 0.771. The van der Waals surface area contributed by atoms with E-state index in [2.05, 4.69) is 5.32 Å². The Morgan fingerprint density at radius 3 is 2.23 bits per heavy atom. The van der Waals surface area contributed by atoms with Gasteiger partial charge in [-0.2, -0.15) is 0 Å². The summed E-state index contributed by atoms with van der Waals surface area (Å²) in [6, 6.07) is 16.6. The number of hydrogen-bond acceptors (Lipinski definition) is 4. The summed E-state index contributed by atoms with van der Waals surface area (Å²) in [6.45, 7) is 2.33. The molecule has 0 heterocycles. The van der Waals surface area contributed by atoms with Crippen LogP contribution in [0.4, 0.5) is 0 Å². The van der Waals surface area contributed by atoms with Crippen LogP contribution in [0.15, 0.2) is 59.5 Å². The molecule has 0 aliphatic heterocycles. The van der Waals surface area contributed by atoms with E-state index in [1.165, 1.54) is 0 Å². The molecule has 0 aromatic heterocycles. The SMILES string of the molecule is Cc1ccc(S(=O)(=O)CCC(=O)NC[C@H](c2ccccc2)N(C)C)cc1. The number of aryl methyl sites for hydroxylation is 1. The lowest BCUT2D eigenvalue weighted by atomic mass is 10.1. The first-order valence-electron chi connectivity index (χ1n) is 8.57. The van der Waals surface area contributed by atoms with Crippen LogP contribution in [0.3, 0.4) is 0 Å². The monoisotopic (exact) mass is 374 g/mol. The van der Waals surface area contributed by atoms with E-state index in [0.717, 1.165) is 11.1 Å². The summed E-state index contributed by atoms with van der Waals surface area (Å²) in [5.74, 6) is -0.455. The molecule has 140 valence electrons. The van der Waals surface area contributed by atoms with Crippen molar-refractivity contribution in [1.29, 1.82) is 0 Å². The number of carbonyl (C=O) groups is 1. The van der Waals surface area contributed by atoms with Gasteiger partial charge in [0.15, 0.2) is 9.84 Å². The summed E-state index contributed by atoms with van der Waals surface area (Å²) in [4.78, 5) is 14.4. The van der Waals surface area contributed by atoms with E-state index in [1.54, 1.807) is 24.3 Å². The van der Waals surface area contributed by atoms with E-state index in [1.807, 2.05) is 56.3 Å². The molecule has 6 heteroatoms. The highest BCUT2D eigenvalue weighted by molar-refractivity contribution is 7.91. The van der Waals surface area contributed by atoms with Crippen LogP contribution < -0.4 is 5.32 Å². The number of benzene rings is 2. The molecule has 0 unspecified atom stereocenters. The Kier molecular flexibility index (Phi) is 6.94. The highest BCUT2D eigenvalue weighted by Crippen LogP contribution is 2.17. The van der Waals surface area contributed by atoms with Crippen molar-refractivity contribution in [3.05, 3.63) is 65.7 Å². The van der Waals surface area contributed by atoms with E-state index in [9.17, 15) is 13.2 Å². The Morgan fingerprint density at radius 2 is 1.65 bits per heavy atom. The third kappa shape index (κ3) is 5.68. The van der Waals surface area contributed by atoms with Gasteiger partial charge in [-0.1, -0.05) is 48.0 Å². The van der Waals surface area contributed by atoms with Crippen molar-refractivity contribution in [2.45, 2.75) is 24.3 Å². The lowest BCUT2D eigenvalue weighted by Crippen LogP contribution is -2.35. The van der Waals surface area contributed by atoms with Crippen molar-refractivity contribution in [2.24, 2.45) is 0 Å². The van der Waals surface area contributed by atoms with Gasteiger partial charge in [-0.15, -0.1) is 0 Å². The average molecular weight is 375 g/mol. The molecule has 0 saturated heterocycles. The molecule has 2 aromatic rings. The number of carbonyl (C=O) groups excluding carboxylic acids is 1. The maximum absolute atomic E-state index is 12.3. The minimum absolute atomic E-state index is 0.0360. The lowest BCUT2D eigenvalue weighted by molar-refractivity contribution is -0.120. The zero-order valence-electron chi connectivity index (χ0n) is 15.5. The fraction of sp³-hybridized carbons (Fsp3) is 0.350. The third-order valence-corrected chi connectivity index (χ3v) is 6.01. The first kappa shape index (κ1) is 20.1. The summed E-state index contributed by atoms with van der Waals surface area (Å²) < 4.78 is 24.7. The van der Waals surface area contributed by atoms with Gasteiger partial charge in [0.05, 0.1) is 16.7 Å². The third-order valence-electron chi connectivity index (χ3n) is 4.28. The van der Waals surface area contributed by atoms with E-state index < -0.39 is 9.84 Å². The molecule has 2 aromatic carbocycles. The van der Waals surface area contributed by atoms with Crippen molar-refractivity contribution in [3.63, 3.8) is 0 Å². The Hall–Kier alpha value is -2.18. The van der Waals surface area contributed by atoms with Crippen LogP contribution in [0.2, 0.25) is 0 Å². The van der Waals surface area contributed by atoms with E-state index in [0.29, 0.717) is 6.54 Å². The first-order chi connectivity index (χ1) is 12.3. The van der Waals surface area contributed by atoms with Crippen LogP contribution >= 0.6 is 0 Å². The minimum atomic E-state index is -3.45. The Balaban J connectivity index is 1.91. The fourth-order valence-electron chi connectivity index (χ4n) is 2.66. The highest BCUT2D eigenvalue weighted by atomic mass is 32.2. The molecule has 26 heavy (non-hydrogen) atoms. The number of nitrogens with zero attached hydrogens (tertiary/aromatic N) is 1. The number of amides is 1. The average Bonchev–Trinajstić information content (AvgIpc) is 2.61. The maximum Gasteiger partial charge on any atom is 0.221 e. The predicted molar refractivity (Wildman–Crippen MR) is 104 cm³/mol. The molecular formula is C20H26N2O3S. The minimum Gasteiger partial charge on any atom is -0.354 e. The van der Waals surface area contributed by atoms with Gasteiger partial charge in [-0.25, -0.2) is 8.42 Å². The van der Waals surface area contributed by atoms with Crippen molar-refractivity contribution in [2.75, 3.05) is 26.4 Å². The summed E-state index contributed by atoms with van der Waals surface area (Å²) in [5, 5.41) is 2.85. The molecule has 0 bridgehead atoms. The van der Waals surface area contributed by atoms with Gasteiger partial charge in [0.2, 0.25) is 5.91 Å². The molecule has 0 spiro atoms. The van der Waals surface area contributed by atoms with Crippen molar-refractivity contribution >= 4 is 15.7 Å². The van der Waals surface area contributed by atoms with Crippen LogP contribution in [0, 0.1) is 6.92 Å². The van der Waals surface area contributed by atoms with Crippen LogP contribution in [0.1, 0.15) is 23.6 Å². The van der Waals surface area contributed by atoms with Gasteiger partial charge < -0.3 is 10.2 Å². The van der Waals surface area contributed by atoms with Crippen LogP contribution in [0.5, 0.6) is 0 Å². The summed E-state index contributed by atoms with van der Waals surface area (Å²) in [6.07, 6.45) is -0.0504. The Morgan fingerprint density at radius 1 is 1.04 bits per heavy atom. The topological polar surface area (TPSA) is 66.5 Å². The predicted octanol–water partition coefficient (Wildman–Crippen LogP) is 2.58. The van der Waals surface area contributed by atoms with Gasteiger partial charge in [0, 0.05) is 13.0 Å². The zero-order chi connectivity index (χ0) is 19.2. The second kappa shape index (κ2) is 8.96. The van der Waals surface area contributed by atoms with Crippen LogP contribution in [0.25, 0.3) is 0 Å². The summed E-state index contributed by atoms with van der Waals surface area (Å²) in [5.41, 5.74) is 2.10. The molecular weight excluding hydrogens is 348 g/mol. The fourth-order valence-corrected chi connectivity index (χ4v) is 3.90. The molecule has 0 aliphatic rings. The molecule has 0 fully saturated rings. The standard InChI is InChI=1S/C20H26N2O3S/c1-16-9-11-18(12-10-16)26(24,25)14-13-20(23)21-15-19(22(2)3)17-7-5-4-6-8-17/h4-12,19H,13-15H2,1-3H3,(H,21,23)/t19-/m1/s1. The smallest absolute Gasteiger partial charge is 0.221 e. The summed E-state index contributed by atoms with van der Waals surface area (Å²) in [7, 11) is 0.450. The first-order valence-corrected chi connectivity index (χ1v) is 10.2. The highest BCUT2D eigenvalue weighted by Gasteiger charge is 2.18.